The molecule has 2 rings (SSSR count). The van der Waals surface area contributed by atoms with Gasteiger partial charge in [-0.15, -0.1) is 0 Å². The first kappa shape index (κ1) is 12.2. The lowest BCUT2D eigenvalue weighted by Crippen LogP contribution is -2.07. The highest BCUT2D eigenvalue weighted by Gasteiger charge is 2.01. The molecule has 0 radical (unpaired) electrons. The first-order chi connectivity index (χ1) is 8.29. The lowest BCUT2D eigenvalue weighted by atomic mass is 10.2. The van der Waals surface area contributed by atoms with Crippen LogP contribution in [-0.2, 0) is 13.1 Å². The quantitative estimate of drug-likeness (QED) is 0.912. The first-order valence-electron chi connectivity index (χ1n) is 5.79. The molecule has 1 N–H and O–H groups in total. The molecule has 90 valence electrons. The van der Waals surface area contributed by atoms with E-state index in [9.17, 15) is 0 Å². The minimum atomic E-state index is 0.792. The maximum absolute atomic E-state index is 4.31. The fourth-order valence-corrected chi connectivity index (χ4v) is 2.17. The van der Waals surface area contributed by atoms with Crippen molar-refractivity contribution in [1.29, 1.82) is 0 Å². The predicted octanol–water partition coefficient (Wildman–Crippen LogP) is 3.67. The van der Waals surface area contributed by atoms with Crippen LogP contribution in [0, 0.1) is 0 Å². The average Bonchev–Trinajstić information content (AvgIpc) is 2.75. The fraction of sp³-hybridized carbons (Fsp3) is 0.308. The Morgan fingerprint density at radius 2 is 2.29 bits per heavy atom. The monoisotopic (exact) mass is 293 g/mol. The Morgan fingerprint density at radius 3 is 3.06 bits per heavy atom. The van der Waals surface area contributed by atoms with Crippen LogP contribution >= 0.6 is 15.9 Å². The SMILES string of the molecule is CCCn1ccnc1NCc1cccc(Br)c1. The summed E-state index contributed by atoms with van der Waals surface area (Å²) in [7, 11) is 0. The van der Waals surface area contributed by atoms with Crippen molar-refractivity contribution >= 4 is 21.9 Å². The Bertz CT molecular complexity index is 479. The van der Waals surface area contributed by atoms with Gasteiger partial charge in [0.25, 0.3) is 0 Å². The number of rotatable bonds is 5. The van der Waals surface area contributed by atoms with E-state index in [2.05, 4.69) is 49.9 Å². The van der Waals surface area contributed by atoms with Gasteiger partial charge in [0.2, 0.25) is 5.95 Å². The minimum Gasteiger partial charge on any atom is -0.352 e. The Morgan fingerprint density at radius 1 is 1.41 bits per heavy atom. The number of aryl methyl sites for hydroxylation is 1. The number of benzene rings is 1. The molecule has 0 fully saturated rings. The van der Waals surface area contributed by atoms with Gasteiger partial charge in [-0.25, -0.2) is 4.98 Å². The van der Waals surface area contributed by atoms with E-state index in [-0.39, 0.29) is 0 Å². The molecule has 0 bridgehead atoms. The maximum atomic E-state index is 4.31. The average molecular weight is 294 g/mol. The Labute approximate surface area is 110 Å². The van der Waals surface area contributed by atoms with Gasteiger partial charge in [0.05, 0.1) is 0 Å². The molecule has 2 aromatic rings. The number of halogens is 1. The van der Waals surface area contributed by atoms with E-state index in [1.54, 1.807) is 0 Å². The number of hydrogen-bond acceptors (Lipinski definition) is 2. The summed E-state index contributed by atoms with van der Waals surface area (Å²) in [6.07, 6.45) is 4.95. The topological polar surface area (TPSA) is 29.9 Å². The van der Waals surface area contributed by atoms with Gasteiger partial charge < -0.3 is 9.88 Å². The van der Waals surface area contributed by atoms with Gasteiger partial charge in [-0.2, -0.15) is 0 Å². The minimum absolute atomic E-state index is 0.792. The van der Waals surface area contributed by atoms with E-state index in [1.807, 2.05) is 24.5 Å². The van der Waals surface area contributed by atoms with Gasteiger partial charge in [-0.3, -0.25) is 0 Å². The second kappa shape index (κ2) is 5.87. The molecule has 17 heavy (non-hydrogen) atoms. The summed E-state index contributed by atoms with van der Waals surface area (Å²) < 4.78 is 3.24. The molecule has 1 aromatic heterocycles. The van der Waals surface area contributed by atoms with Gasteiger partial charge in [-0.1, -0.05) is 35.0 Å². The summed E-state index contributed by atoms with van der Waals surface area (Å²) in [5, 5.41) is 3.35. The third-order valence-corrected chi connectivity index (χ3v) is 3.01. The zero-order valence-corrected chi connectivity index (χ0v) is 11.4. The molecule has 3 nitrogen and oxygen atoms in total. The lowest BCUT2D eigenvalue weighted by Gasteiger charge is -2.09. The molecule has 0 amide bonds. The summed E-state index contributed by atoms with van der Waals surface area (Å²) in [6.45, 7) is 3.96. The van der Waals surface area contributed by atoms with Gasteiger partial charge in [0, 0.05) is 30.0 Å². The van der Waals surface area contributed by atoms with Crippen LogP contribution in [0.2, 0.25) is 0 Å². The Balaban J connectivity index is 1.99. The standard InChI is InChI=1S/C13H16BrN3/c1-2-7-17-8-6-15-13(17)16-10-11-4-3-5-12(14)9-11/h3-6,8-9H,2,7,10H2,1H3,(H,15,16). The van der Waals surface area contributed by atoms with Crippen molar-refractivity contribution in [3.63, 3.8) is 0 Å². The third kappa shape index (κ3) is 3.33. The Hall–Kier alpha value is -1.29. The molecule has 0 atom stereocenters. The van der Waals surface area contributed by atoms with Crippen molar-refractivity contribution in [2.24, 2.45) is 0 Å². The van der Waals surface area contributed by atoms with Crippen LogP contribution in [0.4, 0.5) is 5.95 Å². The molecule has 0 unspecified atom stereocenters. The molecule has 0 saturated carbocycles. The molecule has 1 heterocycles. The van der Waals surface area contributed by atoms with Gasteiger partial charge >= 0.3 is 0 Å². The van der Waals surface area contributed by atoms with Crippen molar-refractivity contribution in [2.75, 3.05) is 5.32 Å². The second-order valence-electron chi connectivity index (χ2n) is 3.93. The number of imidazole rings is 1. The smallest absolute Gasteiger partial charge is 0.203 e. The van der Waals surface area contributed by atoms with E-state index in [1.165, 1.54) is 5.56 Å². The normalized spacial score (nSPS) is 10.5. The molecular weight excluding hydrogens is 278 g/mol. The second-order valence-corrected chi connectivity index (χ2v) is 4.84. The van der Waals surface area contributed by atoms with Crippen molar-refractivity contribution in [3.8, 4) is 0 Å². The maximum Gasteiger partial charge on any atom is 0.203 e. The summed E-state index contributed by atoms with van der Waals surface area (Å²) in [5.74, 6) is 0.937. The molecule has 0 aliphatic carbocycles. The summed E-state index contributed by atoms with van der Waals surface area (Å²) >= 11 is 3.47. The summed E-state index contributed by atoms with van der Waals surface area (Å²) in [4.78, 5) is 4.31. The zero-order valence-electron chi connectivity index (χ0n) is 9.86. The van der Waals surface area contributed by atoms with Crippen LogP contribution < -0.4 is 5.32 Å². The van der Waals surface area contributed by atoms with E-state index < -0.39 is 0 Å². The van der Waals surface area contributed by atoms with Crippen molar-refractivity contribution in [2.45, 2.75) is 26.4 Å². The third-order valence-electron chi connectivity index (χ3n) is 2.52. The van der Waals surface area contributed by atoms with Crippen molar-refractivity contribution < 1.29 is 0 Å². The number of nitrogens with zero attached hydrogens (tertiary/aromatic N) is 2. The van der Waals surface area contributed by atoms with Crippen molar-refractivity contribution in [3.05, 3.63) is 46.7 Å². The number of nitrogens with one attached hydrogen (secondary N) is 1. The summed E-state index contributed by atoms with van der Waals surface area (Å²) in [5.41, 5.74) is 1.24. The molecule has 0 spiro atoms. The van der Waals surface area contributed by atoms with Gasteiger partial charge in [0.1, 0.15) is 0 Å². The largest absolute Gasteiger partial charge is 0.352 e. The summed E-state index contributed by atoms with van der Waals surface area (Å²) in [6, 6.07) is 8.28. The highest BCUT2D eigenvalue weighted by molar-refractivity contribution is 9.10. The molecular formula is C13H16BrN3. The van der Waals surface area contributed by atoms with E-state index in [0.717, 1.165) is 29.9 Å². The molecule has 0 saturated heterocycles. The molecule has 1 aromatic carbocycles. The van der Waals surface area contributed by atoms with E-state index >= 15 is 0 Å². The zero-order chi connectivity index (χ0) is 12.1. The lowest BCUT2D eigenvalue weighted by molar-refractivity contribution is 0.682. The van der Waals surface area contributed by atoms with Crippen LogP contribution in [0.15, 0.2) is 41.1 Å². The van der Waals surface area contributed by atoms with Crippen LogP contribution in [0.3, 0.4) is 0 Å². The molecule has 0 aliphatic rings. The first-order valence-corrected chi connectivity index (χ1v) is 6.58. The van der Waals surface area contributed by atoms with Crippen molar-refractivity contribution in [1.82, 2.24) is 9.55 Å². The van der Waals surface area contributed by atoms with Gasteiger partial charge in [0.15, 0.2) is 0 Å². The van der Waals surface area contributed by atoms with Crippen LogP contribution in [-0.4, -0.2) is 9.55 Å². The van der Waals surface area contributed by atoms with E-state index in [0.29, 0.717) is 0 Å². The molecule has 0 aliphatic heterocycles. The Kier molecular flexibility index (Phi) is 4.20. The fourth-order valence-electron chi connectivity index (χ4n) is 1.73. The highest BCUT2D eigenvalue weighted by atomic mass is 79.9. The van der Waals surface area contributed by atoms with Crippen LogP contribution in [0.5, 0.6) is 0 Å². The van der Waals surface area contributed by atoms with Crippen LogP contribution in [0.25, 0.3) is 0 Å². The number of hydrogen-bond donors (Lipinski definition) is 1. The number of aromatic nitrogens is 2. The van der Waals surface area contributed by atoms with Crippen LogP contribution in [0.1, 0.15) is 18.9 Å². The highest BCUT2D eigenvalue weighted by Crippen LogP contribution is 2.13. The molecule has 4 heteroatoms. The predicted molar refractivity (Wildman–Crippen MR) is 74.0 cm³/mol. The number of anilines is 1. The van der Waals surface area contributed by atoms with E-state index in [4.69, 9.17) is 0 Å². The van der Waals surface area contributed by atoms with Gasteiger partial charge in [-0.05, 0) is 24.1 Å².